The molecule has 1 rings (SSSR count). The van der Waals surface area contributed by atoms with Crippen molar-refractivity contribution in [2.24, 2.45) is 0 Å². The van der Waals surface area contributed by atoms with Crippen molar-refractivity contribution in [1.82, 2.24) is 10.3 Å². The number of carbonyl (C=O) groups excluding carboxylic acids is 1. The first-order valence-electron chi connectivity index (χ1n) is 6.24. The van der Waals surface area contributed by atoms with Crippen LogP contribution in [0.4, 0.5) is 16.2 Å². The van der Waals surface area contributed by atoms with E-state index in [2.05, 4.69) is 22.1 Å². The highest BCUT2D eigenvalue weighted by molar-refractivity contribution is 5.70. The molecule has 1 amide bonds. The van der Waals surface area contributed by atoms with Crippen LogP contribution < -0.4 is 16.8 Å². The van der Waals surface area contributed by atoms with Crippen molar-refractivity contribution in [3.05, 3.63) is 18.0 Å². The number of nitrogens with one attached hydrogen (secondary N) is 1. The summed E-state index contributed by atoms with van der Waals surface area (Å²) < 4.78 is 5.09. The summed E-state index contributed by atoms with van der Waals surface area (Å²) in [4.78, 5) is 15.3. The van der Waals surface area contributed by atoms with Crippen LogP contribution in [0.3, 0.4) is 0 Å². The van der Waals surface area contributed by atoms with Gasteiger partial charge in [-0.15, -0.1) is 0 Å². The number of hydrogen-bond acceptors (Lipinski definition) is 5. The number of ether oxygens (including phenoxy) is 1. The molecule has 0 aliphatic carbocycles. The Morgan fingerprint density at radius 2 is 2.10 bits per heavy atom. The molecule has 0 bridgehead atoms. The number of alkyl carbamates (subject to hydrolysis) is 1. The predicted molar refractivity (Wildman–Crippen MR) is 78.8 cm³/mol. The second-order valence-corrected chi connectivity index (χ2v) is 5.17. The van der Waals surface area contributed by atoms with Gasteiger partial charge in [0.05, 0.1) is 23.1 Å². The maximum Gasteiger partial charge on any atom is 0.407 e. The monoisotopic (exact) mass is 276 g/mol. The van der Waals surface area contributed by atoms with Crippen LogP contribution in [0, 0.1) is 11.8 Å². The van der Waals surface area contributed by atoms with Crippen molar-refractivity contribution < 1.29 is 9.53 Å². The Kier molecular flexibility index (Phi) is 5.21. The Labute approximate surface area is 118 Å². The van der Waals surface area contributed by atoms with E-state index >= 15 is 0 Å². The second kappa shape index (κ2) is 6.66. The summed E-state index contributed by atoms with van der Waals surface area (Å²) in [5, 5.41) is 2.62. The van der Waals surface area contributed by atoms with Gasteiger partial charge >= 0.3 is 6.09 Å². The maximum atomic E-state index is 11.4. The van der Waals surface area contributed by atoms with Gasteiger partial charge in [0.15, 0.2) is 0 Å². The average molecular weight is 276 g/mol. The Morgan fingerprint density at radius 3 is 2.75 bits per heavy atom. The van der Waals surface area contributed by atoms with Gasteiger partial charge in [-0.2, -0.15) is 0 Å². The molecule has 108 valence electrons. The molecule has 5 N–H and O–H groups in total. The Balaban J connectivity index is 2.41. The molecule has 0 spiro atoms. The summed E-state index contributed by atoms with van der Waals surface area (Å²) in [6, 6.07) is 0. The highest BCUT2D eigenvalue weighted by Gasteiger charge is 2.15. The second-order valence-electron chi connectivity index (χ2n) is 5.17. The minimum atomic E-state index is -0.503. The van der Waals surface area contributed by atoms with Gasteiger partial charge in [-0.05, 0) is 20.8 Å². The topological polar surface area (TPSA) is 103 Å². The van der Waals surface area contributed by atoms with Crippen molar-refractivity contribution in [1.29, 1.82) is 0 Å². The fraction of sp³-hybridized carbons (Fsp3) is 0.429. The number of anilines is 2. The standard InChI is InChI=1S/C14H20N4O2/c1-14(2,3)20-13(19)18-7-5-4-6-10-8-17-9-11(15)12(10)16/h8-9H,5,7,15H2,1-3H3,(H2,16,17)(H,18,19). The van der Waals surface area contributed by atoms with Crippen LogP contribution in [0.2, 0.25) is 0 Å². The molecule has 0 saturated heterocycles. The van der Waals surface area contributed by atoms with Crippen LogP contribution in [0.25, 0.3) is 0 Å². The summed E-state index contributed by atoms with van der Waals surface area (Å²) in [6.45, 7) is 5.82. The average Bonchev–Trinajstić information content (AvgIpc) is 2.31. The molecule has 0 aliphatic rings. The fourth-order valence-electron chi connectivity index (χ4n) is 1.29. The van der Waals surface area contributed by atoms with Crippen LogP contribution in [-0.4, -0.2) is 23.2 Å². The number of rotatable bonds is 2. The van der Waals surface area contributed by atoms with Crippen LogP contribution in [0.1, 0.15) is 32.8 Å². The van der Waals surface area contributed by atoms with E-state index in [4.69, 9.17) is 16.2 Å². The SMILES string of the molecule is CC(C)(C)OC(=O)NCCC#Cc1cncc(N)c1N. The quantitative estimate of drug-likeness (QED) is 0.561. The van der Waals surface area contributed by atoms with Gasteiger partial charge in [0.2, 0.25) is 0 Å². The summed E-state index contributed by atoms with van der Waals surface area (Å²) in [5.74, 6) is 5.76. The first kappa shape index (κ1) is 15.6. The minimum Gasteiger partial charge on any atom is -0.444 e. The molecule has 0 unspecified atom stereocenters. The Morgan fingerprint density at radius 1 is 1.40 bits per heavy atom. The molecular weight excluding hydrogens is 256 g/mol. The molecule has 0 saturated carbocycles. The third-order valence-corrected chi connectivity index (χ3v) is 2.16. The van der Waals surface area contributed by atoms with Gasteiger partial charge in [0.25, 0.3) is 0 Å². The molecule has 0 fully saturated rings. The van der Waals surface area contributed by atoms with Gasteiger partial charge in [0, 0.05) is 19.2 Å². The van der Waals surface area contributed by atoms with E-state index in [9.17, 15) is 4.79 Å². The van der Waals surface area contributed by atoms with E-state index in [0.717, 1.165) is 0 Å². The number of aromatic nitrogens is 1. The number of nitrogen functional groups attached to an aromatic ring is 2. The lowest BCUT2D eigenvalue weighted by molar-refractivity contribution is 0.0529. The summed E-state index contributed by atoms with van der Waals surface area (Å²) in [5.41, 5.74) is 12.3. The predicted octanol–water partition coefficient (Wildman–Crippen LogP) is 1.51. The lowest BCUT2D eigenvalue weighted by Gasteiger charge is -2.19. The zero-order valence-electron chi connectivity index (χ0n) is 12.0. The van der Waals surface area contributed by atoms with Gasteiger partial charge in [-0.1, -0.05) is 11.8 Å². The normalized spacial score (nSPS) is 10.3. The summed E-state index contributed by atoms with van der Waals surface area (Å²) in [6.07, 6.45) is 3.06. The Bertz CT molecular complexity index is 538. The summed E-state index contributed by atoms with van der Waals surface area (Å²) >= 11 is 0. The summed E-state index contributed by atoms with van der Waals surface area (Å²) in [7, 11) is 0. The number of amides is 1. The van der Waals surface area contributed by atoms with E-state index in [0.29, 0.717) is 29.9 Å². The first-order chi connectivity index (χ1) is 9.29. The maximum absolute atomic E-state index is 11.4. The van der Waals surface area contributed by atoms with Crippen molar-refractivity contribution in [3.63, 3.8) is 0 Å². The van der Waals surface area contributed by atoms with E-state index in [-0.39, 0.29) is 0 Å². The van der Waals surface area contributed by atoms with Crippen molar-refractivity contribution in [2.75, 3.05) is 18.0 Å². The van der Waals surface area contributed by atoms with Crippen molar-refractivity contribution >= 4 is 17.5 Å². The molecule has 0 radical (unpaired) electrons. The number of hydrogen-bond donors (Lipinski definition) is 3. The van der Waals surface area contributed by atoms with Crippen molar-refractivity contribution in [2.45, 2.75) is 32.8 Å². The first-order valence-corrected chi connectivity index (χ1v) is 6.24. The largest absolute Gasteiger partial charge is 0.444 e. The molecule has 0 aliphatic heterocycles. The van der Waals surface area contributed by atoms with Gasteiger partial charge in [0.1, 0.15) is 5.60 Å². The molecule has 1 aromatic heterocycles. The highest BCUT2D eigenvalue weighted by atomic mass is 16.6. The molecular formula is C14H20N4O2. The van der Waals surface area contributed by atoms with Crippen molar-refractivity contribution in [3.8, 4) is 11.8 Å². The van der Waals surface area contributed by atoms with Gasteiger partial charge in [-0.3, -0.25) is 4.98 Å². The third kappa shape index (κ3) is 5.48. The fourth-order valence-corrected chi connectivity index (χ4v) is 1.29. The van der Waals surface area contributed by atoms with Gasteiger partial charge < -0.3 is 21.5 Å². The molecule has 1 heterocycles. The zero-order chi connectivity index (χ0) is 15.2. The third-order valence-electron chi connectivity index (χ3n) is 2.16. The lowest BCUT2D eigenvalue weighted by Crippen LogP contribution is -2.32. The zero-order valence-corrected chi connectivity index (χ0v) is 12.0. The van der Waals surface area contributed by atoms with Crippen LogP contribution in [0.15, 0.2) is 12.4 Å². The van der Waals surface area contributed by atoms with Crippen LogP contribution in [0.5, 0.6) is 0 Å². The van der Waals surface area contributed by atoms with E-state index in [1.807, 2.05) is 20.8 Å². The van der Waals surface area contributed by atoms with Crippen LogP contribution in [-0.2, 0) is 4.74 Å². The molecule has 1 aromatic rings. The van der Waals surface area contributed by atoms with E-state index in [1.54, 1.807) is 6.20 Å². The molecule has 0 atom stereocenters. The van der Waals surface area contributed by atoms with E-state index in [1.165, 1.54) is 6.20 Å². The minimum absolute atomic E-state index is 0.400. The molecule has 20 heavy (non-hydrogen) atoms. The Hall–Kier alpha value is -2.42. The number of nitrogens with two attached hydrogens (primary N) is 2. The lowest BCUT2D eigenvalue weighted by atomic mass is 10.2. The van der Waals surface area contributed by atoms with Crippen LogP contribution >= 0.6 is 0 Å². The highest BCUT2D eigenvalue weighted by Crippen LogP contribution is 2.16. The van der Waals surface area contributed by atoms with Gasteiger partial charge in [-0.25, -0.2) is 4.79 Å². The molecule has 6 nitrogen and oxygen atoms in total. The molecule has 0 aromatic carbocycles. The smallest absolute Gasteiger partial charge is 0.407 e. The number of pyridine rings is 1. The number of nitrogens with zero attached hydrogens (tertiary/aromatic N) is 1. The molecule has 6 heteroatoms. The number of carbonyl (C=O) groups is 1. The van der Waals surface area contributed by atoms with E-state index < -0.39 is 11.7 Å².